The zero-order valence-electron chi connectivity index (χ0n) is 11.6. The Morgan fingerprint density at radius 3 is 2.80 bits per heavy atom. The number of hydrogen-bond acceptors (Lipinski definition) is 3. The summed E-state index contributed by atoms with van der Waals surface area (Å²) < 4.78 is 32.8. The van der Waals surface area contributed by atoms with Gasteiger partial charge in [-0.2, -0.15) is 4.31 Å². The minimum absolute atomic E-state index is 0.183. The van der Waals surface area contributed by atoms with Gasteiger partial charge in [-0.15, -0.1) is 11.6 Å². The lowest BCUT2D eigenvalue weighted by atomic mass is 9.86. The van der Waals surface area contributed by atoms with Crippen molar-refractivity contribution in [3.8, 4) is 0 Å². The molecule has 0 spiro atoms. The van der Waals surface area contributed by atoms with Crippen molar-refractivity contribution in [1.29, 1.82) is 0 Å². The molecule has 1 aromatic rings. The van der Waals surface area contributed by atoms with E-state index in [4.69, 9.17) is 16.0 Å². The van der Waals surface area contributed by atoms with E-state index in [0.717, 1.165) is 25.7 Å². The lowest BCUT2D eigenvalue weighted by molar-refractivity contribution is 0.260. The average Bonchev–Trinajstić information content (AvgIpc) is 3.02. The predicted octanol–water partition coefficient (Wildman–Crippen LogP) is 3.28. The molecule has 1 aromatic heterocycles. The topological polar surface area (TPSA) is 50.5 Å². The Morgan fingerprint density at radius 2 is 2.10 bits per heavy atom. The molecule has 0 bridgehead atoms. The zero-order chi connectivity index (χ0) is 14.3. The molecule has 3 rings (SSSR count). The molecule has 0 amide bonds. The van der Waals surface area contributed by atoms with Gasteiger partial charge >= 0.3 is 0 Å². The Bertz CT molecular complexity index is 596. The van der Waals surface area contributed by atoms with Crippen LogP contribution in [0.2, 0.25) is 0 Å². The van der Waals surface area contributed by atoms with Crippen molar-refractivity contribution in [3.05, 3.63) is 17.6 Å². The van der Waals surface area contributed by atoms with Crippen LogP contribution in [0.1, 0.15) is 43.6 Å². The van der Waals surface area contributed by atoms with Crippen molar-refractivity contribution < 1.29 is 12.8 Å². The SMILES string of the molecule is Cc1oc(CCl)cc1S(=O)(=O)N1CCC2CCCCC21. The van der Waals surface area contributed by atoms with Gasteiger partial charge in [0, 0.05) is 18.7 Å². The van der Waals surface area contributed by atoms with Gasteiger partial charge in [0.25, 0.3) is 0 Å². The third kappa shape index (κ3) is 2.30. The van der Waals surface area contributed by atoms with Gasteiger partial charge in [0.05, 0.1) is 5.88 Å². The molecule has 1 aliphatic carbocycles. The van der Waals surface area contributed by atoms with Gasteiger partial charge < -0.3 is 4.42 Å². The fourth-order valence-corrected chi connectivity index (χ4v) is 5.68. The molecule has 0 radical (unpaired) electrons. The zero-order valence-corrected chi connectivity index (χ0v) is 13.2. The predicted molar refractivity (Wildman–Crippen MR) is 77.3 cm³/mol. The Balaban J connectivity index is 1.93. The number of fused-ring (bicyclic) bond motifs is 1. The van der Waals surface area contributed by atoms with Crippen LogP contribution in [-0.2, 0) is 15.9 Å². The van der Waals surface area contributed by atoms with Gasteiger partial charge in [0.15, 0.2) is 0 Å². The summed E-state index contributed by atoms with van der Waals surface area (Å²) >= 11 is 5.73. The highest BCUT2D eigenvalue weighted by Crippen LogP contribution is 2.39. The molecule has 1 aliphatic heterocycles. The van der Waals surface area contributed by atoms with Crippen molar-refractivity contribution in [2.75, 3.05) is 6.54 Å². The monoisotopic (exact) mass is 317 g/mol. The third-order valence-corrected chi connectivity index (χ3v) is 6.90. The second kappa shape index (κ2) is 5.35. The highest BCUT2D eigenvalue weighted by Gasteiger charge is 2.43. The van der Waals surface area contributed by atoms with Crippen LogP contribution in [0.15, 0.2) is 15.4 Å². The van der Waals surface area contributed by atoms with E-state index < -0.39 is 10.0 Å². The highest BCUT2D eigenvalue weighted by atomic mass is 35.5. The second-order valence-electron chi connectivity index (χ2n) is 5.78. The number of aryl methyl sites for hydroxylation is 1. The number of rotatable bonds is 3. The van der Waals surface area contributed by atoms with Crippen LogP contribution < -0.4 is 0 Å². The Labute approximate surface area is 125 Å². The number of alkyl halides is 1. The fraction of sp³-hybridized carbons (Fsp3) is 0.714. The largest absolute Gasteiger partial charge is 0.464 e. The molecule has 2 aliphatic rings. The number of halogens is 1. The van der Waals surface area contributed by atoms with Crippen LogP contribution >= 0.6 is 11.6 Å². The Kier molecular flexibility index (Phi) is 3.86. The lowest BCUT2D eigenvalue weighted by Gasteiger charge is -2.30. The summed E-state index contributed by atoms with van der Waals surface area (Å²) in [6.45, 7) is 2.33. The first-order valence-corrected chi connectivity index (χ1v) is 9.18. The lowest BCUT2D eigenvalue weighted by Crippen LogP contribution is -2.39. The summed E-state index contributed by atoms with van der Waals surface area (Å²) in [5, 5.41) is 0. The summed E-state index contributed by atoms with van der Waals surface area (Å²) in [6, 6.07) is 1.76. The van der Waals surface area contributed by atoms with Crippen molar-refractivity contribution in [3.63, 3.8) is 0 Å². The standard InChI is InChI=1S/C14H20ClNO3S/c1-10-14(8-12(9-15)19-10)20(17,18)16-7-6-11-4-2-3-5-13(11)16/h8,11,13H,2-7,9H2,1H3. The van der Waals surface area contributed by atoms with Gasteiger partial charge in [-0.1, -0.05) is 12.8 Å². The minimum atomic E-state index is -3.45. The van der Waals surface area contributed by atoms with Gasteiger partial charge in [0.1, 0.15) is 16.4 Å². The Hall–Kier alpha value is -0.520. The number of sulfonamides is 1. The minimum Gasteiger partial charge on any atom is -0.464 e. The van der Waals surface area contributed by atoms with Crippen LogP contribution in [-0.4, -0.2) is 25.3 Å². The number of nitrogens with zero attached hydrogens (tertiary/aromatic N) is 1. The summed E-state index contributed by atoms with van der Waals surface area (Å²) in [4.78, 5) is 0.291. The van der Waals surface area contributed by atoms with Crippen molar-refractivity contribution in [2.24, 2.45) is 5.92 Å². The normalized spacial score (nSPS) is 27.7. The molecule has 4 nitrogen and oxygen atoms in total. The van der Waals surface area contributed by atoms with E-state index in [0.29, 0.717) is 28.9 Å². The Morgan fingerprint density at radius 1 is 1.35 bits per heavy atom. The quantitative estimate of drug-likeness (QED) is 0.804. The van der Waals surface area contributed by atoms with Gasteiger partial charge in [-0.25, -0.2) is 8.42 Å². The molecular weight excluding hydrogens is 298 g/mol. The number of hydrogen-bond donors (Lipinski definition) is 0. The summed E-state index contributed by atoms with van der Waals surface area (Å²) in [5.74, 6) is 1.70. The maximum absolute atomic E-state index is 12.9. The molecule has 20 heavy (non-hydrogen) atoms. The van der Waals surface area contributed by atoms with E-state index in [1.807, 2.05) is 0 Å². The van der Waals surface area contributed by atoms with Crippen molar-refractivity contribution in [1.82, 2.24) is 4.31 Å². The van der Waals surface area contributed by atoms with E-state index in [1.54, 1.807) is 17.3 Å². The van der Waals surface area contributed by atoms with Gasteiger partial charge in [-0.3, -0.25) is 0 Å². The van der Waals surface area contributed by atoms with E-state index >= 15 is 0 Å². The highest BCUT2D eigenvalue weighted by molar-refractivity contribution is 7.89. The molecule has 1 saturated heterocycles. The smallest absolute Gasteiger partial charge is 0.246 e. The molecule has 2 atom stereocenters. The van der Waals surface area contributed by atoms with Crippen LogP contribution in [0.4, 0.5) is 0 Å². The van der Waals surface area contributed by atoms with E-state index in [1.165, 1.54) is 6.42 Å². The molecule has 2 heterocycles. The fourth-order valence-electron chi connectivity index (χ4n) is 3.63. The molecule has 6 heteroatoms. The van der Waals surface area contributed by atoms with Crippen LogP contribution in [0.3, 0.4) is 0 Å². The van der Waals surface area contributed by atoms with Crippen LogP contribution in [0.25, 0.3) is 0 Å². The molecule has 2 fully saturated rings. The van der Waals surface area contributed by atoms with Crippen molar-refractivity contribution in [2.45, 2.75) is 55.8 Å². The molecule has 1 saturated carbocycles. The average molecular weight is 318 g/mol. The summed E-state index contributed by atoms with van der Waals surface area (Å²) in [5.41, 5.74) is 0. The van der Waals surface area contributed by atoms with Crippen molar-refractivity contribution >= 4 is 21.6 Å². The molecule has 0 N–H and O–H groups in total. The first-order chi connectivity index (χ1) is 9.54. The molecule has 2 unspecified atom stereocenters. The first-order valence-electron chi connectivity index (χ1n) is 7.21. The third-order valence-electron chi connectivity index (χ3n) is 4.60. The maximum Gasteiger partial charge on any atom is 0.246 e. The summed E-state index contributed by atoms with van der Waals surface area (Å²) in [6.07, 6.45) is 5.50. The van der Waals surface area contributed by atoms with Crippen LogP contribution in [0, 0.1) is 12.8 Å². The van der Waals surface area contributed by atoms with Gasteiger partial charge in [0.2, 0.25) is 10.0 Å². The number of furan rings is 1. The second-order valence-corrected chi connectivity index (χ2v) is 7.91. The van der Waals surface area contributed by atoms with E-state index in [-0.39, 0.29) is 11.9 Å². The van der Waals surface area contributed by atoms with Gasteiger partial charge in [-0.05, 0) is 32.1 Å². The molecule has 0 aromatic carbocycles. The van der Waals surface area contributed by atoms with E-state index in [9.17, 15) is 8.42 Å². The van der Waals surface area contributed by atoms with E-state index in [2.05, 4.69) is 0 Å². The molecular formula is C14H20ClNO3S. The van der Waals surface area contributed by atoms with Crippen LogP contribution in [0.5, 0.6) is 0 Å². The summed E-state index contributed by atoms with van der Waals surface area (Å²) in [7, 11) is -3.45. The molecule has 112 valence electrons. The maximum atomic E-state index is 12.9. The first kappa shape index (κ1) is 14.4.